The average Bonchev–Trinajstić information content (AvgIpc) is 3.39. The standard InChI is InChI=1S/C30H36O12/c1-12-8-19(34)24-14(3)29(38)42-27(24)23-13(2)20(10-16(12)23)39-30-28(26(37)25(36)21(11-31)40-30)41-22(35)7-5-15-4-6-17(32)18(33)9-15/h4-7,9,14,16,19-21,23-28,30-34,36-37H,1-2,8,10-11H2,3H3/b7-5+/t14-,16?,19+,20+,21-,23+,24-,25-,26+,27-,28-,30-/m1/s1. The van der Waals surface area contributed by atoms with E-state index in [0.717, 1.165) is 11.6 Å². The predicted molar refractivity (Wildman–Crippen MR) is 144 cm³/mol. The van der Waals surface area contributed by atoms with Crippen molar-refractivity contribution >= 4 is 18.0 Å². The van der Waals surface area contributed by atoms with E-state index in [0.29, 0.717) is 17.6 Å². The summed E-state index contributed by atoms with van der Waals surface area (Å²) in [7, 11) is 0. The van der Waals surface area contributed by atoms with Crippen molar-refractivity contribution in [2.45, 2.75) is 68.8 Å². The fourth-order valence-electron chi connectivity index (χ4n) is 6.62. The van der Waals surface area contributed by atoms with Crippen LogP contribution in [0.3, 0.4) is 0 Å². The maximum Gasteiger partial charge on any atom is 0.331 e. The second-order valence-corrected chi connectivity index (χ2v) is 11.5. The second-order valence-electron chi connectivity index (χ2n) is 11.5. The molecule has 2 aliphatic heterocycles. The number of hydrogen-bond acceptors (Lipinski definition) is 12. The normalized spacial score (nSPS) is 40.0. The predicted octanol–water partition coefficient (Wildman–Crippen LogP) is 0.538. The molecule has 42 heavy (non-hydrogen) atoms. The Bertz CT molecular complexity index is 1270. The fraction of sp³-hybridized carbons (Fsp3) is 0.533. The van der Waals surface area contributed by atoms with Crippen molar-refractivity contribution < 1.29 is 59.2 Å². The van der Waals surface area contributed by atoms with Gasteiger partial charge in [-0.05, 0) is 48.1 Å². The molecule has 0 spiro atoms. The van der Waals surface area contributed by atoms with Crippen LogP contribution in [0.25, 0.3) is 6.08 Å². The molecule has 0 radical (unpaired) electrons. The summed E-state index contributed by atoms with van der Waals surface area (Å²) in [5.74, 6) is -3.61. The highest BCUT2D eigenvalue weighted by atomic mass is 16.7. The third kappa shape index (κ3) is 5.46. The first-order valence-electron chi connectivity index (χ1n) is 13.8. The number of phenols is 2. The van der Waals surface area contributed by atoms with Gasteiger partial charge >= 0.3 is 11.9 Å². The van der Waals surface area contributed by atoms with Gasteiger partial charge in [0.15, 0.2) is 23.9 Å². The van der Waals surface area contributed by atoms with Gasteiger partial charge in [-0.25, -0.2) is 4.79 Å². The number of carbonyl (C=O) groups excluding carboxylic acids is 2. The van der Waals surface area contributed by atoms with Gasteiger partial charge in [-0.3, -0.25) is 4.79 Å². The van der Waals surface area contributed by atoms with Gasteiger partial charge in [0.05, 0.1) is 24.7 Å². The summed E-state index contributed by atoms with van der Waals surface area (Å²) in [6.45, 7) is 9.47. The van der Waals surface area contributed by atoms with Crippen molar-refractivity contribution in [3.63, 3.8) is 0 Å². The molecular weight excluding hydrogens is 552 g/mol. The van der Waals surface area contributed by atoms with Crippen LogP contribution >= 0.6 is 0 Å². The van der Waals surface area contributed by atoms with E-state index < -0.39 is 85.3 Å². The Morgan fingerprint density at radius 2 is 1.88 bits per heavy atom. The Labute approximate surface area is 242 Å². The summed E-state index contributed by atoms with van der Waals surface area (Å²) in [5.41, 5.74) is 1.70. The van der Waals surface area contributed by atoms with E-state index in [1.54, 1.807) is 6.92 Å². The number of ether oxygens (including phenoxy) is 4. The maximum absolute atomic E-state index is 12.7. The van der Waals surface area contributed by atoms with E-state index in [1.165, 1.54) is 24.3 Å². The van der Waals surface area contributed by atoms with Crippen molar-refractivity contribution in [3.05, 3.63) is 54.1 Å². The van der Waals surface area contributed by atoms with Crippen LogP contribution in [0, 0.1) is 23.7 Å². The minimum atomic E-state index is -1.68. The summed E-state index contributed by atoms with van der Waals surface area (Å²) in [4.78, 5) is 25.2. The van der Waals surface area contributed by atoms with Gasteiger partial charge in [0.1, 0.15) is 24.4 Å². The molecule has 12 nitrogen and oxygen atoms in total. The van der Waals surface area contributed by atoms with Gasteiger partial charge in [-0.1, -0.05) is 31.7 Å². The number of aromatic hydroxyl groups is 2. The molecule has 6 N–H and O–H groups in total. The largest absolute Gasteiger partial charge is 0.504 e. The molecule has 0 bridgehead atoms. The van der Waals surface area contributed by atoms with E-state index in [-0.39, 0.29) is 23.8 Å². The van der Waals surface area contributed by atoms with E-state index in [4.69, 9.17) is 18.9 Å². The number of aliphatic hydroxyl groups excluding tert-OH is 4. The number of aliphatic hydroxyl groups is 4. The minimum absolute atomic E-state index is 0.233. The van der Waals surface area contributed by atoms with Gasteiger partial charge in [-0.2, -0.15) is 0 Å². The maximum atomic E-state index is 12.7. The Balaban J connectivity index is 1.35. The molecule has 12 atom stereocenters. The summed E-state index contributed by atoms with van der Waals surface area (Å²) >= 11 is 0. The van der Waals surface area contributed by atoms with E-state index in [9.17, 15) is 40.2 Å². The third-order valence-corrected chi connectivity index (χ3v) is 8.90. The molecule has 1 unspecified atom stereocenters. The van der Waals surface area contributed by atoms with Crippen LogP contribution in [0.4, 0.5) is 0 Å². The summed E-state index contributed by atoms with van der Waals surface area (Å²) in [5, 5.41) is 61.0. The molecule has 0 aromatic heterocycles. The summed E-state index contributed by atoms with van der Waals surface area (Å²) in [6.07, 6.45) is -6.61. The first kappa shape index (κ1) is 30.2. The molecule has 228 valence electrons. The topological polar surface area (TPSA) is 192 Å². The van der Waals surface area contributed by atoms with Gasteiger partial charge in [-0.15, -0.1) is 0 Å². The van der Waals surface area contributed by atoms with Crippen LogP contribution in [0.1, 0.15) is 25.3 Å². The number of benzene rings is 1. The number of phenolic OH excluding ortho intramolecular Hbond substituents is 2. The lowest BCUT2D eigenvalue weighted by Crippen LogP contribution is -2.60. The van der Waals surface area contributed by atoms with Crippen molar-refractivity contribution in [2.75, 3.05) is 6.61 Å². The zero-order chi connectivity index (χ0) is 30.5. The van der Waals surface area contributed by atoms with Crippen molar-refractivity contribution in [2.24, 2.45) is 23.7 Å². The molecule has 1 aromatic carbocycles. The Morgan fingerprint density at radius 3 is 2.57 bits per heavy atom. The quantitative estimate of drug-likeness (QED) is 0.117. The Hall–Kier alpha value is -3.26. The molecule has 2 heterocycles. The highest BCUT2D eigenvalue weighted by molar-refractivity contribution is 5.87. The van der Waals surface area contributed by atoms with Crippen LogP contribution in [0.5, 0.6) is 11.5 Å². The number of carbonyl (C=O) groups is 2. The van der Waals surface area contributed by atoms with Gasteiger partial charge in [0.25, 0.3) is 0 Å². The molecule has 2 aliphatic carbocycles. The van der Waals surface area contributed by atoms with Crippen LogP contribution in [-0.4, -0.2) is 98.2 Å². The van der Waals surface area contributed by atoms with Crippen LogP contribution in [-0.2, 0) is 28.5 Å². The molecule has 4 aliphatic rings. The molecule has 5 rings (SSSR count). The highest BCUT2D eigenvalue weighted by Gasteiger charge is 2.58. The molecule has 4 fully saturated rings. The smallest absolute Gasteiger partial charge is 0.331 e. The van der Waals surface area contributed by atoms with Crippen LogP contribution < -0.4 is 0 Å². The average molecular weight is 589 g/mol. The molecule has 12 heteroatoms. The zero-order valence-corrected chi connectivity index (χ0v) is 23.0. The second kappa shape index (κ2) is 11.8. The Morgan fingerprint density at radius 1 is 1.14 bits per heavy atom. The molecule has 0 amide bonds. The third-order valence-electron chi connectivity index (χ3n) is 8.90. The zero-order valence-electron chi connectivity index (χ0n) is 23.0. The van der Waals surface area contributed by atoms with E-state index in [2.05, 4.69) is 13.2 Å². The highest BCUT2D eigenvalue weighted by Crippen LogP contribution is 2.53. The van der Waals surface area contributed by atoms with Gasteiger partial charge in [0.2, 0.25) is 0 Å². The molecule has 2 saturated carbocycles. The number of fused-ring (bicyclic) bond motifs is 3. The number of hydrogen-bond donors (Lipinski definition) is 6. The molecular formula is C30H36O12. The Kier molecular flexibility index (Phi) is 8.48. The fourth-order valence-corrected chi connectivity index (χ4v) is 6.62. The molecule has 1 aromatic rings. The molecule has 2 saturated heterocycles. The van der Waals surface area contributed by atoms with E-state index in [1.807, 2.05) is 0 Å². The van der Waals surface area contributed by atoms with Crippen molar-refractivity contribution in [1.82, 2.24) is 0 Å². The van der Waals surface area contributed by atoms with Crippen molar-refractivity contribution in [1.29, 1.82) is 0 Å². The SMILES string of the molecule is C=C1C[C@H](O)[C@@H]2[C@H](OC(=O)[C@@H]2C)[C@H]2C(=C)[C@@H](O[C@@H]3O[C@H](CO)[C@@H](O)[C@H](O)[C@H]3OC(=O)/C=C/c3ccc(O)c(O)c3)CC12. The monoisotopic (exact) mass is 588 g/mol. The lowest BCUT2D eigenvalue weighted by molar-refractivity contribution is -0.310. The lowest BCUT2D eigenvalue weighted by Gasteiger charge is -2.42. The lowest BCUT2D eigenvalue weighted by atomic mass is 9.79. The minimum Gasteiger partial charge on any atom is -0.504 e. The number of rotatable bonds is 6. The summed E-state index contributed by atoms with van der Waals surface area (Å²) < 4.78 is 23.1. The first-order chi connectivity index (χ1) is 19.9. The van der Waals surface area contributed by atoms with Gasteiger partial charge in [0, 0.05) is 17.9 Å². The van der Waals surface area contributed by atoms with Crippen molar-refractivity contribution in [3.8, 4) is 11.5 Å². The van der Waals surface area contributed by atoms with Crippen LogP contribution in [0.2, 0.25) is 0 Å². The first-order valence-corrected chi connectivity index (χ1v) is 13.8. The number of esters is 2. The summed E-state index contributed by atoms with van der Waals surface area (Å²) in [6, 6.07) is 3.92. The van der Waals surface area contributed by atoms with E-state index >= 15 is 0 Å². The van der Waals surface area contributed by atoms with Crippen LogP contribution in [0.15, 0.2) is 48.6 Å². The van der Waals surface area contributed by atoms with Gasteiger partial charge < -0.3 is 49.6 Å².